The minimum Gasteiger partial charge on any atom is -0.393 e. The van der Waals surface area contributed by atoms with E-state index in [1.807, 2.05) is 0 Å². The maximum atomic E-state index is 11.8. The Balaban J connectivity index is 2.13. The van der Waals surface area contributed by atoms with E-state index in [-0.39, 0.29) is 23.8 Å². The maximum absolute atomic E-state index is 11.8. The molecule has 3 heteroatoms. The van der Waals surface area contributed by atoms with Gasteiger partial charge in [-0.1, -0.05) is 27.2 Å². The number of ether oxygens (including phenoxy) is 1. The van der Waals surface area contributed by atoms with Gasteiger partial charge in [0.25, 0.3) is 0 Å². The van der Waals surface area contributed by atoms with Gasteiger partial charge in [0.05, 0.1) is 11.8 Å². The van der Waals surface area contributed by atoms with Gasteiger partial charge in [-0.3, -0.25) is 9.59 Å². The molecule has 1 saturated carbocycles. The lowest BCUT2D eigenvalue weighted by molar-refractivity contribution is -0.154. The van der Waals surface area contributed by atoms with Gasteiger partial charge in [0.1, 0.15) is 0 Å². The fourth-order valence-corrected chi connectivity index (χ4v) is 3.44. The summed E-state index contributed by atoms with van der Waals surface area (Å²) in [5, 5.41) is 0. The second-order valence-corrected chi connectivity index (χ2v) is 5.96. The SMILES string of the molecule is CCC(C)CC1CC(C)CC2C(=O)OC(=O)C12. The average molecular weight is 238 g/mol. The van der Waals surface area contributed by atoms with Crippen LogP contribution in [0.2, 0.25) is 0 Å². The number of hydrogen-bond acceptors (Lipinski definition) is 3. The van der Waals surface area contributed by atoms with Crippen LogP contribution < -0.4 is 0 Å². The molecule has 0 aromatic heterocycles. The Kier molecular flexibility index (Phi) is 3.55. The smallest absolute Gasteiger partial charge is 0.317 e. The van der Waals surface area contributed by atoms with Crippen molar-refractivity contribution in [1.82, 2.24) is 0 Å². The molecule has 0 amide bonds. The third-order valence-electron chi connectivity index (χ3n) is 4.48. The minimum absolute atomic E-state index is 0.146. The van der Waals surface area contributed by atoms with Gasteiger partial charge in [0.15, 0.2) is 0 Å². The van der Waals surface area contributed by atoms with Gasteiger partial charge < -0.3 is 4.74 Å². The Morgan fingerprint density at radius 2 is 2.00 bits per heavy atom. The second-order valence-electron chi connectivity index (χ2n) is 5.96. The van der Waals surface area contributed by atoms with Crippen molar-refractivity contribution in [3.8, 4) is 0 Å². The molecule has 0 bridgehead atoms. The van der Waals surface area contributed by atoms with E-state index in [4.69, 9.17) is 4.74 Å². The van der Waals surface area contributed by atoms with Crippen LogP contribution in [-0.4, -0.2) is 11.9 Å². The third kappa shape index (κ3) is 2.38. The van der Waals surface area contributed by atoms with Gasteiger partial charge in [0, 0.05) is 0 Å². The standard InChI is InChI=1S/C14H22O3/c1-4-8(2)5-10-6-9(3)7-11-12(10)14(16)17-13(11)15/h8-12H,4-7H2,1-3H3. The summed E-state index contributed by atoms with van der Waals surface area (Å²) in [6.07, 6.45) is 4.07. The number of carbonyl (C=O) groups is 2. The van der Waals surface area contributed by atoms with Gasteiger partial charge in [-0.15, -0.1) is 0 Å². The van der Waals surface area contributed by atoms with Gasteiger partial charge in [-0.2, -0.15) is 0 Å². The van der Waals surface area contributed by atoms with Gasteiger partial charge >= 0.3 is 11.9 Å². The Bertz CT molecular complexity index is 323. The minimum atomic E-state index is -0.277. The molecule has 1 saturated heterocycles. The summed E-state index contributed by atoms with van der Waals surface area (Å²) in [4.78, 5) is 23.4. The molecule has 96 valence electrons. The zero-order valence-corrected chi connectivity index (χ0v) is 10.9. The van der Waals surface area contributed by atoms with E-state index in [2.05, 4.69) is 20.8 Å². The molecule has 2 fully saturated rings. The normalized spacial score (nSPS) is 38.8. The summed E-state index contributed by atoms with van der Waals surface area (Å²) < 4.78 is 4.82. The number of carbonyl (C=O) groups excluding carboxylic acids is 2. The van der Waals surface area contributed by atoms with E-state index in [0.717, 1.165) is 25.7 Å². The lowest BCUT2D eigenvalue weighted by atomic mass is 9.67. The molecule has 2 rings (SSSR count). The van der Waals surface area contributed by atoms with Crippen LogP contribution in [0.4, 0.5) is 0 Å². The molecule has 3 nitrogen and oxygen atoms in total. The highest BCUT2D eigenvalue weighted by molar-refractivity contribution is 5.96. The summed E-state index contributed by atoms with van der Waals surface area (Å²) in [7, 11) is 0. The summed E-state index contributed by atoms with van der Waals surface area (Å²) >= 11 is 0. The predicted molar refractivity (Wildman–Crippen MR) is 64.0 cm³/mol. The Morgan fingerprint density at radius 1 is 1.29 bits per heavy atom. The van der Waals surface area contributed by atoms with E-state index >= 15 is 0 Å². The molecule has 1 aliphatic heterocycles. The lowest BCUT2D eigenvalue weighted by Crippen LogP contribution is -2.34. The van der Waals surface area contributed by atoms with E-state index in [1.165, 1.54) is 0 Å². The number of rotatable bonds is 3. The first-order chi connectivity index (χ1) is 8.02. The predicted octanol–water partition coefficient (Wildman–Crippen LogP) is 2.78. The van der Waals surface area contributed by atoms with Gasteiger partial charge in [-0.25, -0.2) is 0 Å². The Hall–Kier alpha value is -0.860. The summed E-state index contributed by atoms with van der Waals surface area (Å²) in [6, 6.07) is 0. The molecule has 1 aliphatic carbocycles. The maximum Gasteiger partial charge on any atom is 0.317 e. The lowest BCUT2D eigenvalue weighted by Gasteiger charge is -2.34. The van der Waals surface area contributed by atoms with Crippen molar-refractivity contribution >= 4 is 11.9 Å². The molecule has 0 radical (unpaired) electrons. The first-order valence-electron chi connectivity index (χ1n) is 6.78. The van der Waals surface area contributed by atoms with Crippen LogP contribution >= 0.6 is 0 Å². The highest BCUT2D eigenvalue weighted by Crippen LogP contribution is 2.45. The van der Waals surface area contributed by atoms with Crippen molar-refractivity contribution in [3.05, 3.63) is 0 Å². The monoisotopic (exact) mass is 238 g/mol. The molecule has 5 atom stereocenters. The molecule has 0 aromatic carbocycles. The van der Waals surface area contributed by atoms with Crippen LogP contribution in [0.25, 0.3) is 0 Å². The molecule has 2 aliphatic rings. The van der Waals surface area contributed by atoms with E-state index in [9.17, 15) is 9.59 Å². The zero-order valence-electron chi connectivity index (χ0n) is 10.9. The average Bonchev–Trinajstić information content (AvgIpc) is 2.54. The molecule has 1 heterocycles. The topological polar surface area (TPSA) is 43.4 Å². The molecule has 0 N–H and O–H groups in total. The van der Waals surface area contributed by atoms with E-state index in [0.29, 0.717) is 17.8 Å². The highest BCUT2D eigenvalue weighted by Gasteiger charge is 2.51. The van der Waals surface area contributed by atoms with Gasteiger partial charge in [0.2, 0.25) is 0 Å². The molecular formula is C14H22O3. The number of cyclic esters (lactones) is 2. The number of esters is 2. The quantitative estimate of drug-likeness (QED) is 0.561. The van der Waals surface area contributed by atoms with Crippen LogP contribution in [0.5, 0.6) is 0 Å². The molecule has 0 spiro atoms. The first-order valence-corrected chi connectivity index (χ1v) is 6.78. The highest BCUT2D eigenvalue weighted by atomic mass is 16.6. The van der Waals surface area contributed by atoms with Crippen LogP contribution in [-0.2, 0) is 14.3 Å². The number of fused-ring (bicyclic) bond motifs is 1. The van der Waals surface area contributed by atoms with Crippen molar-refractivity contribution in [3.63, 3.8) is 0 Å². The van der Waals surface area contributed by atoms with E-state index in [1.54, 1.807) is 0 Å². The van der Waals surface area contributed by atoms with Gasteiger partial charge in [-0.05, 0) is 37.0 Å². The zero-order chi connectivity index (χ0) is 12.6. The molecule has 0 aromatic rings. The first kappa shape index (κ1) is 12.6. The van der Waals surface area contributed by atoms with Crippen molar-refractivity contribution in [2.75, 3.05) is 0 Å². The number of hydrogen-bond donors (Lipinski definition) is 0. The molecule has 5 unspecified atom stereocenters. The van der Waals surface area contributed by atoms with Crippen molar-refractivity contribution in [2.45, 2.75) is 46.5 Å². The molecule has 17 heavy (non-hydrogen) atoms. The van der Waals surface area contributed by atoms with Crippen molar-refractivity contribution in [2.24, 2.45) is 29.6 Å². The van der Waals surface area contributed by atoms with Crippen LogP contribution in [0, 0.1) is 29.6 Å². The Labute approximate surface area is 103 Å². The second kappa shape index (κ2) is 4.79. The fraction of sp³-hybridized carbons (Fsp3) is 0.857. The third-order valence-corrected chi connectivity index (χ3v) is 4.48. The van der Waals surface area contributed by atoms with Crippen LogP contribution in [0.1, 0.15) is 46.5 Å². The van der Waals surface area contributed by atoms with Crippen LogP contribution in [0.3, 0.4) is 0 Å². The summed E-state index contributed by atoms with van der Waals surface area (Å²) in [6.45, 7) is 6.57. The van der Waals surface area contributed by atoms with Crippen molar-refractivity contribution in [1.29, 1.82) is 0 Å². The Morgan fingerprint density at radius 3 is 2.65 bits per heavy atom. The largest absolute Gasteiger partial charge is 0.393 e. The van der Waals surface area contributed by atoms with E-state index < -0.39 is 0 Å². The van der Waals surface area contributed by atoms with Crippen LogP contribution in [0.15, 0.2) is 0 Å². The fourth-order valence-electron chi connectivity index (χ4n) is 3.44. The summed E-state index contributed by atoms with van der Waals surface area (Å²) in [5.41, 5.74) is 0. The van der Waals surface area contributed by atoms with Crippen molar-refractivity contribution < 1.29 is 14.3 Å². The summed E-state index contributed by atoms with van der Waals surface area (Å²) in [5.74, 6) is 0.657. The molecular weight excluding hydrogens is 216 g/mol.